The first-order valence-corrected chi connectivity index (χ1v) is 27.1. The van der Waals surface area contributed by atoms with Crippen molar-refractivity contribution >= 4 is 36.8 Å². The third-order valence-corrected chi connectivity index (χ3v) is 24.7. The van der Waals surface area contributed by atoms with Crippen LogP contribution in [-0.4, -0.2) is 68.8 Å². The third kappa shape index (κ3) is 13.3. The number of carbonyl (C=O) groups excluding carboxylic acids is 2. The molecule has 8 nitrogen and oxygen atoms in total. The molecular formula is C40H69NO7Si3. The van der Waals surface area contributed by atoms with E-state index in [2.05, 4.69) is 107 Å². The van der Waals surface area contributed by atoms with Crippen LogP contribution in [0.5, 0.6) is 5.75 Å². The summed E-state index contributed by atoms with van der Waals surface area (Å²) >= 11 is 0. The number of carbonyl (C=O) groups is 2. The number of rotatable bonds is 17. The van der Waals surface area contributed by atoms with Crippen molar-refractivity contribution in [3.05, 3.63) is 65.7 Å². The zero-order valence-electron chi connectivity index (χ0n) is 34.6. The number of nitrogens with one attached hydrogen (secondary N) is 1. The molecule has 2 aromatic rings. The topological polar surface area (TPSA) is 92.3 Å². The van der Waals surface area contributed by atoms with Gasteiger partial charge in [-0.1, -0.05) is 105 Å². The lowest BCUT2D eigenvalue weighted by Crippen LogP contribution is -2.56. The average Bonchev–Trinajstić information content (AvgIpc) is 3.00. The second-order valence-corrected chi connectivity index (χ2v) is 32.7. The summed E-state index contributed by atoms with van der Waals surface area (Å²) in [5.74, 6) is -0.122. The van der Waals surface area contributed by atoms with Crippen molar-refractivity contribution in [1.29, 1.82) is 0 Å². The van der Waals surface area contributed by atoms with Gasteiger partial charge < -0.3 is 28.1 Å². The van der Waals surface area contributed by atoms with Crippen LogP contribution in [0.1, 0.15) is 91.1 Å². The lowest BCUT2D eigenvalue weighted by Gasteiger charge is -2.45. The largest absolute Gasteiger partial charge is 0.488 e. The number of methoxy groups -OCH3 is 1. The zero-order chi connectivity index (χ0) is 39.1. The third-order valence-electron chi connectivity index (χ3n) is 11.2. The van der Waals surface area contributed by atoms with Crippen LogP contribution in [0.2, 0.25) is 54.4 Å². The molecule has 0 radical (unpaired) electrons. The van der Waals surface area contributed by atoms with Crippen LogP contribution < -0.4 is 10.1 Å². The Morgan fingerprint density at radius 3 is 1.75 bits per heavy atom. The molecular weight excluding hydrogens is 691 g/mol. The van der Waals surface area contributed by atoms with Crippen LogP contribution >= 0.6 is 0 Å². The fraction of sp³-hybridized carbons (Fsp3) is 0.650. The molecule has 0 aliphatic rings. The van der Waals surface area contributed by atoms with Crippen molar-refractivity contribution in [3.8, 4) is 5.75 Å². The second-order valence-electron chi connectivity index (χ2n) is 18.4. The summed E-state index contributed by atoms with van der Waals surface area (Å²) in [6.07, 6.45) is -0.537. The van der Waals surface area contributed by atoms with E-state index in [1.165, 1.54) is 7.11 Å². The molecule has 288 valence electrons. The van der Waals surface area contributed by atoms with Crippen molar-refractivity contribution in [2.45, 2.75) is 154 Å². The van der Waals surface area contributed by atoms with Gasteiger partial charge in [0, 0.05) is 0 Å². The first kappa shape index (κ1) is 44.9. The van der Waals surface area contributed by atoms with Crippen molar-refractivity contribution in [1.82, 2.24) is 5.32 Å². The van der Waals surface area contributed by atoms with E-state index in [0.717, 1.165) is 5.56 Å². The monoisotopic (exact) mass is 759 g/mol. The first-order chi connectivity index (χ1) is 23.2. The summed E-state index contributed by atoms with van der Waals surface area (Å²) in [7, 11) is -5.60. The number of benzene rings is 2. The van der Waals surface area contributed by atoms with Crippen LogP contribution in [0.3, 0.4) is 0 Å². The molecule has 0 spiro atoms. The van der Waals surface area contributed by atoms with E-state index in [1.807, 2.05) is 48.5 Å². The van der Waals surface area contributed by atoms with Gasteiger partial charge in [0.15, 0.2) is 25.0 Å². The maximum atomic E-state index is 14.4. The van der Waals surface area contributed by atoms with Gasteiger partial charge in [0.2, 0.25) is 0 Å². The summed E-state index contributed by atoms with van der Waals surface area (Å²) in [6, 6.07) is 16.7. The molecule has 0 bridgehead atoms. The van der Waals surface area contributed by atoms with E-state index >= 15 is 0 Å². The number of esters is 1. The van der Waals surface area contributed by atoms with E-state index in [9.17, 15) is 9.59 Å². The molecule has 0 aliphatic carbocycles. The Balaban J connectivity index is 2.65. The van der Waals surface area contributed by atoms with Crippen molar-refractivity contribution in [3.63, 3.8) is 0 Å². The number of amides is 1. The molecule has 0 saturated carbocycles. The van der Waals surface area contributed by atoms with Gasteiger partial charge >= 0.3 is 5.97 Å². The van der Waals surface area contributed by atoms with Gasteiger partial charge in [-0.3, -0.25) is 9.59 Å². The SMILES string of the molecule is COC(=O)C[C@@H](C[C@H](O[Si](C)(C)C(C)(C)C)[C@H](CO[Si](C)(C)C(C)(C)C)NC(=O)c1ccccc1OCc1ccccc1)O[Si](C)(C)C(C)(C)C. The number of hydrogen-bond acceptors (Lipinski definition) is 7. The summed E-state index contributed by atoms with van der Waals surface area (Å²) in [4.78, 5) is 27.2. The predicted molar refractivity (Wildman–Crippen MR) is 217 cm³/mol. The van der Waals surface area contributed by atoms with Crippen molar-refractivity contribution < 1.29 is 32.3 Å². The van der Waals surface area contributed by atoms with Crippen LogP contribution in [0.15, 0.2) is 54.6 Å². The molecule has 0 aromatic heterocycles. The summed E-state index contributed by atoms with van der Waals surface area (Å²) in [5.41, 5.74) is 1.44. The molecule has 2 rings (SSSR count). The van der Waals surface area contributed by atoms with Gasteiger partial charge in [0.05, 0.1) is 44.0 Å². The molecule has 0 aliphatic heterocycles. The van der Waals surface area contributed by atoms with Crippen LogP contribution in [0, 0.1) is 0 Å². The fourth-order valence-corrected chi connectivity index (χ4v) is 8.43. The molecule has 0 fully saturated rings. The van der Waals surface area contributed by atoms with Crippen LogP contribution in [0.25, 0.3) is 0 Å². The Bertz CT molecular complexity index is 1410. The molecule has 1 amide bonds. The standard InChI is InChI=1S/C40H69NO7Si3/c1-38(2,3)49(11,12)46-29-33(41-37(43)32-24-20-21-25-34(32)45-28-30-22-18-17-19-23-30)35(48-51(15,16)40(7,8)9)26-31(27-36(42)44-10)47-50(13,14)39(4,5)6/h17-25,31,33,35H,26-29H2,1-16H3,(H,41,43)/t31-,33+,35+/m1/s1. The molecule has 2 aromatic carbocycles. The van der Waals surface area contributed by atoms with Gasteiger partial charge in [0.25, 0.3) is 5.91 Å². The maximum absolute atomic E-state index is 14.4. The van der Waals surface area contributed by atoms with Crippen molar-refractivity contribution in [2.24, 2.45) is 0 Å². The van der Waals surface area contributed by atoms with Gasteiger partial charge in [-0.2, -0.15) is 0 Å². The lowest BCUT2D eigenvalue weighted by molar-refractivity contribution is -0.143. The first-order valence-electron chi connectivity index (χ1n) is 18.3. The minimum Gasteiger partial charge on any atom is -0.488 e. The molecule has 11 heteroatoms. The highest BCUT2D eigenvalue weighted by Crippen LogP contribution is 2.41. The fourth-order valence-electron chi connectivity index (χ4n) is 4.66. The van der Waals surface area contributed by atoms with E-state index in [0.29, 0.717) is 24.3 Å². The Labute approximate surface area is 313 Å². The molecule has 0 unspecified atom stereocenters. The van der Waals surface area contributed by atoms with Gasteiger partial charge in [-0.15, -0.1) is 0 Å². The van der Waals surface area contributed by atoms with Crippen molar-refractivity contribution in [2.75, 3.05) is 13.7 Å². The second kappa shape index (κ2) is 17.7. The summed E-state index contributed by atoms with van der Waals surface area (Å²) in [5, 5.41) is 3.10. The van der Waals surface area contributed by atoms with Gasteiger partial charge in [0.1, 0.15) is 12.4 Å². The quantitative estimate of drug-likeness (QED) is 0.127. The smallest absolute Gasteiger partial charge is 0.308 e. The molecule has 51 heavy (non-hydrogen) atoms. The average molecular weight is 760 g/mol. The number of para-hydroxylation sites is 1. The zero-order valence-corrected chi connectivity index (χ0v) is 37.6. The number of hydrogen-bond donors (Lipinski definition) is 1. The Kier molecular flexibility index (Phi) is 15.6. The minimum absolute atomic E-state index is 0.0475. The maximum Gasteiger partial charge on any atom is 0.308 e. The Morgan fingerprint density at radius 1 is 0.706 bits per heavy atom. The molecule has 0 heterocycles. The van der Waals surface area contributed by atoms with Crippen LogP contribution in [-0.2, 0) is 29.4 Å². The predicted octanol–water partition coefficient (Wildman–Crippen LogP) is 10.1. The highest BCUT2D eigenvalue weighted by atomic mass is 28.4. The lowest BCUT2D eigenvalue weighted by atomic mass is 10.0. The van der Waals surface area contributed by atoms with E-state index in [4.69, 9.17) is 22.8 Å². The Morgan fingerprint density at radius 2 is 1.22 bits per heavy atom. The van der Waals surface area contributed by atoms with Gasteiger partial charge in [-0.25, -0.2) is 0 Å². The van der Waals surface area contributed by atoms with Gasteiger partial charge in [-0.05, 0) is 78.5 Å². The summed E-state index contributed by atoms with van der Waals surface area (Å²) < 4.78 is 32.4. The minimum atomic E-state index is -2.42. The van der Waals surface area contributed by atoms with E-state index < -0.39 is 43.2 Å². The normalized spacial score (nSPS) is 15.1. The van der Waals surface area contributed by atoms with Crippen LogP contribution in [0.4, 0.5) is 0 Å². The molecule has 3 atom stereocenters. The summed E-state index contributed by atoms with van der Waals surface area (Å²) in [6.45, 7) is 33.6. The van der Waals surface area contributed by atoms with E-state index in [-0.39, 0.29) is 40.0 Å². The molecule has 0 saturated heterocycles. The van der Waals surface area contributed by atoms with E-state index in [1.54, 1.807) is 6.07 Å². The highest BCUT2D eigenvalue weighted by Gasteiger charge is 2.45. The Hall–Kier alpha value is -2.29. The molecule has 1 N–H and O–H groups in total. The number of ether oxygens (including phenoxy) is 2. The highest BCUT2D eigenvalue weighted by molar-refractivity contribution is 6.75.